The fourth-order valence-electron chi connectivity index (χ4n) is 2.56. The Morgan fingerprint density at radius 3 is 2.50 bits per heavy atom. The van der Waals surface area contributed by atoms with Gasteiger partial charge in [-0.1, -0.05) is 0 Å². The molecule has 3 rings (SSSR count). The van der Waals surface area contributed by atoms with Crippen molar-refractivity contribution in [3.8, 4) is 5.75 Å². The van der Waals surface area contributed by atoms with E-state index in [1.165, 1.54) is 16.7 Å². The highest BCUT2D eigenvalue weighted by molar-refractivity contribution is 5.81. The first-order chi connectivity index (χ1) is 13.2. The Hall–Kier alpha value is -3.56. The summed E-state index contributed by atoms with van der Waals surface area (Å²) in [6.45, 7) is 0.195. The van der Waals surface area contributed by atoms with Crippen LogP contribution in [0, 0.1) is 0 Å². The topological polar surface area (TPSA) is 95.0 Å². The van der Waals surface area contributed by atoms with Gasteiger partial charge in [-0.3, -0.25) is 0 Å². The van der Waals surface area contributed by atoms with Crippen molar-refractivity contribution in [2.75, 3.05) is 0 Å². The molecule has 0 unspecified atom stereocenters. The van der Waals surface area contributed by atoms with Crippen LogP contribution in [0.1, 0.15) is 16.8 Å². The van der Waals surface area contributed by atoms with Crippen LogP contribution < -0.4 is 20.6 Å². The number of pyridine rings is 1. The van der Waals surface area contributed by atoms with Crippen LogP contribution in [0.3, 0.4) is 0 Å². The van der Waals surface area contributed by atoms with Gasteiger partial charge >= 0.3 is 6.18 Å². The zero-order valence-electron chi connectivity index (χ0n) is 14.9. The number of benzene rings is 1. The maximum Gasteiger partial charge on any atom is 0.419 e. The highest BCUT2D eigenvalue weighted by atomic mass is 19.4. The van der Waals surface area contributed by atoms with Gasteiger partial charge in [0.1, 0.15) is 18.1 Å². The van der Waals surface area contributed by atoms with Crippen LogP contribution in [0.4, 0.5) is 13.2 Å². The summed E-state index contributed by atoms with van der Waals surface area (Å²) in [5.41, 5.74) is 11.8. The maximum absolute atomic E-state index is 12.9. The van der Waals surface area contributed by atoms with Crippen molar-refractivity contribution < 1.29 is 22.3 Å². The average molecular weight is 391 g/mol. The summed E-state index contributed by atoms with van der Waals surface area (Å²) in [5, 5.41) is 7.22. The van der Waals surface area contributed by atoms with Crippen LogP contribution in [0.5, 0.6) is 5.75 Å². The molecule has 4 N–H and O–H groups in total. The minimum Gasteiger partial charge on any atom is -0.485 e. The third-order valence-electron chi connectivity index (χ3n) is 3.99. The van der Waals surface area contributed by atoms with E-state index in [1.807, 2.05) is 0 Å². The first-order valence-electron chi connectivity index (χ1n) is 8.15. The van der Waals surface area contributed by atoms with Gasteiger partial charge in [0.2, 0.25) is 5.96 Å². The van der Waals surface area contributed by atoms with E-state index in [1.54, 1.807) is 42.1 Å². The molecule has 0 aliphatic rings. The quantitative estimate of drug-likeness (QED) is 0.301. The number of nitrogens with zero attached hydrogens (tertiary/aromatic N) is 4. The van der Waals surface area contributed by atoms with Gasteiger partial charge in [-0.05, 0) is 35.9 Å². The minimum atomic E-state index is -4.39. The van der Waals surface area contributed by atoms with E-state index < -0.39 is 11.7 Å². The van der Waals surface area contributed by atoms with Gasteiger partial charge in [0, 0.05) is 6.07 Å². The summed E-state index contributed by atoms with van der Waals surface area (Å²) in [6.07, 6.45) is -0.230. The highest BCUT2D eigenvalue weighted by Gasteiger charge is 2.32. The molecular weight excluding hydrogens is 373 g/mol. The van der Waals surface area contributed by atoms with Gasteiger partial charge in [-0.2, -0.15) is 18.3 Å². The minimum absolute atomic E-state index is 0.133. The summed E-state index contributed by atoms with van der Waals surface area (Å²) in [7, 11) is 1.77. The summed E-state index contributed by atoms with van der Waals surface area (Å²) in [4.78, 5) is 0. The third-order valence-corrected chi connectivity index (χ3v) is 3.99. The fourth-order valence-corrected chi connectivity index (χ4v) is 2.56. The number of hydrogen-bond donors (Lipinski definition) is 2. The van der Waals surface area contributed by atoms with Crippen molar-refractivity contribution in [3.63, 3.8) is 0 Å². The number of nitrogens with two attached hydrogens (primary N) is 2. The van der Waals surface area contributed by atoms with Crippen LogP contribution in [0.15, 0.2) is 59.0 Å². The maximum atomic E-state index is 12.9. The molecule has 2 aromatic heterocycles. The highest BCUT2D eigenvalue weighted by Crippen LogP contribution is 2.28. The molecule has 7 nitrogen and oxygen atoms in total. The number of alkyl halides is 3. The second-order valence-electron chi connectivity index (χ2n) is 5.99. The predicted molar refractivity (Wildman–Crippen MR) is 97.8 cm³/mol. The van der Waals surface area contributed by atoms with Crippen LogP contribution in [-0.2, 0) is 19.8 Å². The lowest BCUT2D eigenvalue weighted by molar-refractivity contribution is -0.512. The lowest BCUT2D eigenvalue weighted by atomic mass is 10.2. The monoisotopic (exact) mass is 391 g/mol. The van der Waals surface area contributed by atoms with E-state index in [0.29, 0.717) is 11.4 Å². The standard InChI is InChI=1S/C18H18F3N6O/c1-26-14(10-27-9-13(18(19,20)21)4-7-16(26)27)11-28-15-5-2-12(3-6-15)8-24-25-17(22)23/h2-10H,11H2,1H3,(H4,22,23,25)/q+1/b24-8+. The van der Waals surface area contributed by atoms with Gasteiger partial charge in [-0.15, -0.1) is 5.10 Å². The lowest BCUT2D eigenvalue weighted by Crippen LogP contribution is -2.22. The molecular formula is C18H18F3N6O+. The number of guanidine groups is 1. The normalized spacial score (nSPS) is 11.9. The molecule has 0 fully saturated rings. The molecule has 0 atom stereocenters. The lowest BCUT2D eigenvalue weighted by Gasteiger charge is -2.04. The van der Waals surface area contributed by atoms with E-state index in [2.05, 4.69) is 10.2 Å². The van der Waals surface area contributed by atoms with Crippen LogP contribution in [-0.4, -0.2) is 16.7 Å². The van der Waals surface area contributed by atoms with Crippen LogP contribution in [0.25, 0.3) is 5.65 Å². The molecule has 2 heterocycles. The second-order valence-corrected chi connectivity index (χ2v) is 5.99. The fraction of sp³-hybridized carbons (Fsp3) is 0.167. The van der Waals surface area contributed by atoms with Gasteiger partial charge in [-0.25, -0.2) is 8.97 Å². The Labute approximate surface area is 158 Å². The van der Waals surface area contributed by atoms with Crippen molar-refractivity contribution >= 4 is 17.8 Å². The predicted octanol–water partition coefficient (Wildman–Crippen LogP) is 1.97. The van der Waals surface area contributed by atoms with Gasteiger partial charge in [0.15, 0.2) is 12.3 Å². The van der Waals surface area contributed by atoms with E-state index in [-0.39, 0.29) is 12.6 Å². The summed E-state index contributed by atoms with van der Waals surface area (Å²) >= 11 is 0. The van der Waals surface area contributed by atoms with Gasteiger partial charge in [0.25, 0.3) is 5.65 Å². The first-order valence-corrected chi connectivity index (χ1v) is 8.15. The molecule has 28 heavy (non-hydrogen) atoms. The van der Waals surface area contributed by atoms with E-state index in [4.69, 9.17) is 16.2 Å². The first kappa shape index (κ1) is 19.2. The van der Waals surface area contributed by atoms with Crippen molar-refractivity contribution in [2.45, 2.75) is 12.8 Å². The van der Waals surface area contributed by atoms with Crippen LogP contribution in [0.2, 0.25) is 0 Å². The number of ether oxygens (including phenoxy) is 1. The van der Waals surface area contributed by atoms with Crippen molar-refractivity contribution in [2.24, 2.45) is 28.7 Å². The largest absolute Gasteiger partial charge is 0.485 e. The Morgan fingerprint density at radius 2 is 1.86 bits per heavy atom. The molecule has 10 heteroatoms. The van der Waals surface area contributed by atoms with Crippen molar-refractivity contribution in [1.29, 1.82) is 0 Å². The SMILES string of the molecule is Cn1c(COc2ccc(/C=N/N=C(N)N)cc2)c[n+]2cc(C(F)(F)F)ccc12. The molecule has 0 aliphatic carbocycles. The molecule has 3 aromatic rings. The molecule has 0 saturated carbocycles. The average Bonchev–Trinajstić information content (AvgIpc) is 2.95. The van der Waals surface area contributed by atoms with Crippen molar-refractivity contribution in [1.82, 2.24) is 4.57 Å². The molecule has 0 radical (unpaired) electrons. The number of aromatic nitrogens is 2. The van der Waals surface area contributed by atoms with Gasteiger partial charge < -0.3 is 16.2 Å². The number of fused-ring (bicyclic) bond motifs is 1. The molecule has 0 bridgehead atoms. The zero-order chi connectivity index (χ0) is 20.3. The van der Waals surface area contributed by atoms with Gasteiger partial charge in [0.05, 0.1) is 18.8 Å². The smallest absolute Gasteiger partial charge is 0.419 e. The van der Waals surface area contributed by atoms with Crippen LogP contribution >= 0.6 is 0 Å². The van der Waals surface area contributed by atoms with E-state index >= 15 is 0 Å². The number of imidazole rings is 1. The van der Waals surface area contributed by atoms with E-state index in [0.717, 1.165) is 23.5 Å². The Morgan fingerprint density at radius 1 is 1.14 bits per heavy atom. The Bertz CT molecular complexity index is 1030. The zero-order valence-corrected chi connectivity index (χ0v) is 14.9. The second kappa shape index (κ2) is 7.59. The summed E-state index contributed by atoms with van der Waals surface area (Å²) in [5.74, 6) is 0.469. The molecule has 0 aliphatic heterocycles. The number of hydrogen-bond acceptors (Lipinski definition) is 3. The Balaban J connectivity index is 1.72. The molecule has 146 valence electrons. The number of aryl methyl sites for hydroxylation is 1. The third kappa shape index (κ3) is 4.40. The molecule has 0 amide bonds. The van der Waals surface area contributed by atoms with Crippen molar-refractivity contribution in [3.05, 3.63) is 65.6 Å². The number of halogens is 3. The summed E-state index contributed by atoms with van der Waals surface area (Å²) in [6, 6.07) is 9.52. The summed E-state index contributed by atoms with van der Waals surface area (Å²) < 4.78 is 47.5. The number of rotatable bonds is 5. The molecule has 0 saturated heterocycles. The van der Waals surface area contributed by atoms with E-state index in [9.17, 15) is 13.2 Å². The molecule has 0 spiro atoms. The molecule has 1 aromatic carbocycles. The Kier molecular flexibility index (Phi) is 5.21.